The Morgan fingerprint density at radius 3 is 2.86 bits per heavy atom. The summed E-state index contributed by atoms with van der Waals surface area (Å²) in [4.78, 5) is 31.5. The molecule has 1 N–H and O–H groups in total. The molecule has 2 heterocycles. The fraction of sp³-hybridized carbons (Fsp3) is 0.318. The van der Waals surface area contributed by atoms with E-state index in [1.165, 1.54) is 11.3 Å². The quantitative estimate of drug-likeness (QED) is 0.661. The Kier molecular flexibility index (Phi) is 5.49. The summed E-state index contributed by atoms with van der Waals surface area (Å²) in [6.45, 7) is 4.95. The Bertz CT molecular complexity index is 1030. The van der Waals surface area contributed by atoms with Crippen LogP contribution >= 0.6 is 11.3 Å². The standard InChI is InChI=1S/C22H23N3O3S/c1-3-28-17-9-10-18-19(12-17)29-22(23-18)24-21(27)16-11-20(26)25(13-16)14(2)15-7-5-4-6-8-15/h4-10,12,14,16H,3,11,13H2,1-2H3,(H,23,24,27)/t14-,16-/m1/s1. The summed E-state index contributed by atoms with van der Waals surface area (Å²) in [5, 5.41) is 3.44. The van der Waals surface area contributed by atoms with Crippen LogP contribution in [0.1, 0.15) is 31.9 Å². The number of ether oxygens (including phenoxy) is 1. The van der Waals surface area contributed by atoms with Gasteiger partial charge >= 0.3 is 0 Å². The maximum atomic E-state index is 12.8. The molecule has 0 aliphatic carbocycles. The lowest BCUT2D eigenvalue weighted by molar-refractivity contribution is -0.129. The van der Waals surface area contributed by atoms with Gasteiger partial charge in [0.05, 0.1) is 28.8 Å². The van der Waals surface area contributed by atoms with Crippen molar-refractivity contribution in [1.29, 1.82) is 0 Å². The van der Waals surface area contributed by atoms with Gasteiger partial charge in [0, 0.05) is 13.0 Å². The molecular weight excluding hydrogens is 386 g/mol. The van der Waals surface area contributed by atoms with Crippen LogP contribution in [-0.4, -0.2) is 34.8 Å². The third-order valence-electron chi connectivity index (χ3n) is 5.18. The predicted octanol–water partition coefficient (Wildman–Crippen LogP) is 4.24. The predicted molar refractivity (Wildman–Crippen MR) is 114 cm³/mol. The molecule has 0 unspecified atom stereocenters. The normalized spacial score (nSPS) is 17.5. The van der Waals surface area contributed by atoms with E-state index in [9.17, 15) is 9.59 Å². The Labute approximate surface area is 173 Å². The zero-order chi connectivity index (χ0) is 20.4. The molecule has 1 aliphatic heterocycles. The second-order valence-electron chi connectivity index (χ2n) is 7.10. The fourth-order valence-corrected chi connectivity index (χ4v) is 4.51. The number of benzene rings is 2. The molecule has 0 spiro atoms. The van der Waals surface area contributed by atoms with Crippen LogP contribution in [-0.2, 0) is 9.59 Å². The number of anilines is 1. The molecule has 2 aromatic carbocycles. The van der Waals surface area contributed by atoms with E-state index in [1.54, 1.807) is 4.90 Å². The van der Waals surface area contributed by atoms with Crippen molar-refractivity contribution < 1.29 is 14.3 Å². The van der Waals surface area contributed by atoms with Crippen molar-refractivity contribution in [3.8, 4) is 5.75 Å². The summed E-state index contributed by atoms with van der Waals surface area (Å²) in [7, 11) is 0. The number of fused-ring (bicyclic) bond motifs is 1. The van der Waals surface area contributed by atoms with Gasteiger partial charge < -0.3 is 15.0 Å². The molecule has 1 aliphatic rings. The van der Waals surface area contributed by atoms with Crippen LogP contribution in [0.25, 0.3) is 10.2 Å². The van der Waals surface area contributed by atoms with E-state index in [4.69, 9.17) is 4.74 Å². The summed E-state index contributed by atoms with van der Waals surface area (Å²) in [6, 6.07) is 15.5. The van der Waals surface area contributed by atoms with Crippen LogP contribution in [0, 0.1) is 5.92 Å². The van der Waals surface area contributed by atoms with Crippen molar-refractivity contribution in [3.05, 3.63) is 54.1 Å². The third-order valence-corrected chi connectivity index (χ3v) is 6.11. The van der Waals surface area contributed by atoms with Crippen molar-refractivity contribution in [2.24, 2.45) is 5.92 Å². The zero-order valence-electron chi connectivity index (χ0n) is 16.4. The van der Waals surface area contributed by atoms with Gasteiger partial charge in [0.1, 0.15) is 5.75 Å². The summed E-state index contributed by atoms with van der Waals surface area (Å²) in [5.74, 6) is 0.255. The molecule has 0 bridgehead atoms. The molecule has 0 radical (unpaired) electrons. The maximum Gasteiger partial charge on any atom is 0.231 e. The summed E-state index contributed by atoms with van der Waals surface area (Å²) in [5.41, 5.74) is 1.88. The average Bonchev–Trinajstić information content (AvgIpc) is 3.31. The SMILES string of the molecule is CCOc1ccc2nc(NC(=O)[C@@H]3CC(=O)N([C@H](C)c4ccccc4)C3)sc2c1. The van der Waals surface area contributed by atoms with Gasteiger partial charge in [0.25, 0.3) is 0 Å². The molecule has 4 rings (SSSR count). The first-order valence-electron chi connectivity index (χ1n) is 9.74. The van der Waals surface area contributed by atoms with E-state index in [1.807, 2.05) is 62.4 Å². The van der Waals surface area contributed by atoms with Crippen LogP contribution in [0.3, 0.4) is 0 Å². The molecule has 0 saturated carbocycles. The lowest BCUT2D eigenvalue weighted by Gasteiger charge is -2.25. The molecule has 2 amide bonds. The van der Waals surface area contributed by atoms with Crippen molar-refractivity contribution in [2.45, 2.75) is 26.3 Å². The second-order valence-corrected chi connectivity index (χ2v) is 8.14. The molecule has 150 valence electrons. The van der Waals surface area contributed by atoms with Crippen molar-refractivity contribution in [3.63, 3.8) is 0 Å². The van der Waals surface area contributed by atoms with Crippen LogP contribution in [0.5, 0.6) is 5.75 Å². The minimum atomic E-state index is -0.375. The molecule has 7 heteroatoms. The molecule has 3 aromatic rings. The number of thiazole rings is 1. The van der Waals surface area contributed by atoms with E-state index in [0.717, 1.165) is 21.5 Å². The Morgan fingerprint density at radius 1 is 1.31 bits per heavy atom. The number of hydrogen-bond acceptors (Lipinski definition) is 5. The largest absolute Gasteiger partial charge is 0.494 e. The molecule has 6 nitrogen and oxygen atoms in total. The molecule has 2 atom stereocenters. The molecule has 1 fully saturated rings. The topological polar surface area (TPSA) is 71.5 Å². The highest BCUT2D eigenvalue weighted by atomic mass is 32.1. The van der Waals surface area contributed by atoms with Crippen LogP contribution in [0.15, 0.2) is 48.5 Å². The van der Waals surface area contributed by atoms with Crippen molar-refractivity contribution in [1.82, 2.24) is 9.88 Å². The number of amides is 2. The summed E-state index contributed by atoms with van der Waals surface area (Å²) in [6.07, 6.45) is 0.225. The minimum Gasteiger partial charge on any atom is -0.494 e. The van der Waals surface area contributed by atoms with Gasteiger partial charge in [-0.15, -0.1) is 0 Å². The van der Waals surface area contributed by atoms with Crippen molar-refractivity contribution >= 4 is 38.5 Å². The van der Waals surface area contributed by atoms with E-state index in [0.29, 0.717) is 18.3 Å². The molecule has 1 aromatic heterocycles. The van der Waals surface area contributed by atoms with Gasteiger partial charge in [-0.25, -0.2) is 4.98 Å². The van der Waals surface area contributed by atoms with E-state index >= 15 is 0 Å². The van der Waals surface area contributed by atoms with Gasteiger partial charge in [0.2, 0.25) is 11.8 Å². The van der Waals surface area contributed by atoms with Gasteiger partial charge in [-0.1, -0.05) is 41.7 Å². The highest BCUT2D eigenvalue weighted by Crippen LogP contribution is 2.32. The number of nitrogens with zero attached hydrogens (tertiary/aromatic N) is 2. The zero-order valence-corrected chi connectivity index (χ0v) is 17.2. The molecule has 1 saturated heterocycles. The smallest absolute Gasteiger partial charge is 0.231 e. The highest BCUT2D eigenvalue weighted by molar-refractivity contribution is 7.22. The number of carbonyl (C=O) groups excluding carboxylic acids is 2. The maximum absolute atomic E-state index is 12.8. The first kappa shape index (κ1) is 19.4. The van der Waals surface area contributed by atoms with Gasteiger partial charge in [-0.05, 0) is 37.6 Å². The molecular formula is C22H23N3O3S. The first-order chi connectivity index (χ1) is 14.0. The van der Waals surface area contributed by atoms with Gasteiger partial charge in [-0.2, -0.15) is 0 Å². The Balaban J connectivity index is 1.44. The van der Waals surface area contributed by atoms with Crippen LogP contribution in [0.2, 0.25) is 0 Å². The van der Waals surface area contributed by atoms with Crippen molar-refractivity contribution in [2.75, 3.05) is 18.5 Å². The number of hydrogen-bond donors (Lipinski definition) is 1. The summed E-state index contributed by atoms with van der Waals surface area (Å²) < 4.78 is 6.47. The fourth-order valence-electron chi connectivity index (χ4n) is 3.62. The average molecular weight is 410 g/mol. The van der Waals surface area contributed by atoms with E-state index in [2.05, 4.69) is 10.3 Å². The molecule has 29 heavy (non-hydrogen) atoms. The third kappa shape index (κ3) is 4.10. The van der Waals surface area contributed by atoms with E-state index in [-0.39, 0.29) is 30.2 Å². The van der Waals surface area contributed by atoms with Crippen LogP contribution in [0.4, 0.5) is 5.13 Å². The number of likely N-dealkylation sites (tertiary alicyclic amines) is 1. The first-order valence-corrected chi connectivity index (χ1v) is 10.6. The number of rotatable bonds is 6. The minimum absolute atomic E-state index is 0.00663. The van der Waals surface area contributed by atoms with Crippen LogP contribution < -0.4 is 10.1 Å². The summed E-state index contributed by atoms with van der Waals surface area (Å²) >= 11 is 1.41. The highest BCUT2D eigenvalue weighted by Gasteiger charge is 2.37. The Morgan fingerprint density at radius 2 is 2.10 bits per heavy atom. The number of nitrogens with one attached hydrogen (secondary N) is 1. The number of aromatic nitrogens is 1. The monoisotopic (exact) mass is 409 g/mol. The number of carbonyl (C=O) groups is 2. The lowest BCUT2D eigenvalue weighted by atomic mass is 10.1. The van der Waals surface area contributed by atoms with Gasteiger partial charge in [-0.3, -0.25) is 9.59 Å². The Hall–Kier alpha value is -2.93. The van der Waals surface area contributed by atoms with E-state index < -0.39 is 0 Å². The lowest BCUT2D eigenvalue weighted by Crippen LogP contribution is -2.30. The second kappa shape index (κ2) is 8.21. The van der Waals surface area contributed by atoms with Gasteiger partial charge in [0.15, 0.2) is 5.13 Å².